The quantitative estimate of drug-likeness (QED) is 0.0859. The van der Waals surface area contributed by atoms with Gasteiger partial charge in [-0.2, -0.15) is 0 Å². The number of H-pyrrole nitrogens is 2. The Morgan fingerprint density at radius 2 is 1.25 bits per heavy atom. The Morgan fingerprint density at radius 3 is 1.86 bits per heavy atom. The molecule has 0 unspecified atom stereocenters. The summed E-state index contributed by atoms with van der Waals surface area (Å²) < 4.78 is 9.33. The van der Waals surface area contributed by atoms with Crippen LogP contribution in [0, 0.1) is 0 Å². The van der Waals surface area contributed by atoms with Crippen LogP contribution in [0.25, 0.3) is 44.4 Å². The lowest BCUT2D eigenvalue weighted by molar-refractivity contribution is -0.134. The molecular weight excluding hydrogens is 753 g/mol. The summed E-state index contributed by atoms with van der Waals surface area (Å²) in [7, 11) is 2.47. The van der Waals surface area contributed by atoms with Crippen LogP contribution < -0.4 is 10.6 Å². The Bertz CT molecular complexity index is 2430. The van der Waals surface area contributed by atoms with Crippen LogP contribution in [0.1, 0.15) is 43.5 Å². The SMILES string of the molecule is CCCN(Cc1ncc(-c2ccc(-c3ccc4cc(-c5cnc(CN(CC(C)=O)C(=O)CNC(=O)OC)[nH]5)ccc4c3)cc2)[nH]1)C(=O)[C@H](NC(=O)OC)c1ccccc1. The van der Waals surface area contributed by atoms with Gasteiger partial charge in [-0.15, -0.1) is 0 Å². The first-order valence-electron chi connectivity index (χ1n) is 19.0. The Kier molecular flexibility index (Phi) is 13.5. The number of rotatable bonds is 16. The van der Waals surface area contributed by atoms with Crippen LogP contribution in [-0.2, 0) is 36.9 Å². The molecule has 304 valence electrons. The van der Waals surface area contributed by atoms with Crippen molar-refractivity contribution in [3.8, 4) is 33.6 Å². The molecule has 2 heterocycles. The summed E-state index contributed by atoms with van der Waals surface area (Å²) in [6, 6.07) is 28.7. The van der Waals surface area contributed by atoms with E-state index in [0.29, 0.717) is 23.8 Å². The minimum absolute atomic E-state index is 0.0599. The van der Waals surface area contributed by atoms with E-state index < -0.39 is 24.1 Å². The van der Waals surface area contributed by atoms with Gasteiger partial charge in [0, 0.05) is 12.1 Å². The molecule has 4 aromatic carbocycles. The highest BCUT2D eigenvalue weighted by Gasteiger charge is 2.28. The number of nitrogens with zero attached hydrogens (tertiary/aromatic N) is 4. The van der Waals surface area contributed by atoms with Crippen LogP contribution in [0.3, 0.4) is 0 Å². The third kappa shape index (κ3) is 10.6. The van der Waals surface area contributed by atoms with E-state index in [9.17, 15) is 24.0 Å². The van der Waals surface area contributed by atoms with Crippen LogP contribution >= 0.6 is 0 Å². The Hall–Kier alpha value is -7.29. The van der Waals surface area contributed by atoms with E-state index >= 15 is 0 Å². The number of hydrogen-bond donors (Lipinski definition) is 4. The highest BCUT2D eigenvalue weighted by Crippen LogP contribution is 2.30. The largest absolute Gasteiger partial charge is 0.453 e. The average molecular weight is 799 g/mol. The lowest BCUT2D eigenvalue weighted by Crippen LogP contribution is -2.43. The van der Waals surface area contributed by atoms with Gasteiger partial charge < -0.3 is 39.9 Å². The summed E-state index contributed by atoms with van der Waals surface area (Å²) in [6.07, 6.45) is 2.73. The van der Waals surface area contributed by atoms with Crippen molar-refractivity contribution in [2.75, 3.05) is 33.9 Å². The number of nitrogens with one attached hydrogen (secondary N) is 4. The van der Waals surface area contributed by atoms with Crippen LogP contribution in [0.5, 0.6) is 0 Å². The molecule has 0 spiro atoms. The molecule has 2 aromatic heterocycles. The predicted molar refractivity (Wildman–Crippen MR) is 221 cm³/mol. The van der Waals surface area contributed by atoms with E-state index in [1.807, 2.05) is 49.4 Å². The number of carbonyl (C=O) groups excluding carboxylic acids is 5. The fourth-order valence-electron chi connectivity index (χ4n) is 6.64. The lowest BCUT2D eigenvalue weighted by atomic mass is 9.98. The zero-order valence-corrected chi connectivity index (χ0v) is 33.3. The first-order valence-corrected chi connectivity index (χ1v) is 19.0. The van der Waals surface area contributed by atoms with Gasteiger partial charge in [0.05, 0.1) is 57.6 Å². The first kappa shape index (κ1) is 41.3. The Balaban J connectivity index is 1.12. The third-order valence-electron chi connectivity index (χ3n) is 9.59. The molecule has 0 aliphatic carbocycles. The standard InChI is InChI=1S/C44H46N8O7/c1-5-19-51(42(55)41(50-44(57)59-4)31-9-7-6-8-10-31)26-38-45-22-36(48-38)30-13-11-29(12-14-30)32-15-16-34-21-35(18-17-33(34)20-32)37-23-46-39(49-37)27-52(25-28(2)53)40(54)24-47-43(56)58-3/h6-18,20-23,41H,5,19,24-27H2,1-4H3,(H,45,48)(H,46,49)(H,47,56)(H,50,57)/t41-/m1/s1. The number of ketones is 1. The second-order valence-electron chi connectivity index (χ2n) is 13.9. The van der Waals surface area contributed by atoms with Gasteiger partial charge in [-0.1, -0.05) is 85.8 Å². The maximum atomic E-state index is 13.8. The maximum absolute atomic E-state index is 13.8. The molecule has 6 rings (SSSR count). The van der Waals surface area contributed by atoms with Gasteiger partial charge in [-0.05, 0) is 58.5 Å². The summed E-state index contributed by atoms with van der Waals surface area (Å²) in [5.41, 5.74) is 6.14. The van der Waals surface area contributed by atoms with E-state index in [0.717, 1.165) is 50.8 Å². The molecule has 15 nitrogen and oxygen atoms in total. The molecule has 4 N–H and O–H groups in total. The zero-order chi connectivity index (χ0) is 41.9. The summed E-state index contributed by atoms with van der Waals surface area (Å²) in [6.45, 7) is 3.71. The van der Waals surface area contributed by atoms with Gasteiger partial charge >= 0.3 is 12.2 Å². The third-order valence-corrected chi connectivity index (χ3v) is 9.59. The molecule has 6 aromatic rings. The zero-order valence-electron chi connectivity index (χ0n) is 33.3. The van der Waals surface area contributed by atoms with Gasteiger partial charge in [-0.25, -0.2) is 19.6 Å². The lowest BCUT2D eigenvalue weighted by Gasteiger charge is -2.27. The number of hydrogen-bond acceptors (Lipinski definition) is 9. The van der Waals surface area contributed by atoms with Crippen molar-refractivity contribution >= 4 is 40.6 Å². The molecule has 59 heavy (non-hydrogen) atoms. The van der Waals surface area contributed by atoms with Crippen molar-refractivity contribution in [1.82, 2.24) is 40.4 Å². The number of aromatic nitrogens is 4. The fraction of sp³-hybridized carbons (Fsp3) is 0.250. The van der Waals surface area contributed by atoms with Gasteiger partial charge in [0.1, 0.15) is 30.0 Å². The van der Waals surface area contributed by atoms with Crippen molar-refractivity contribution in [1.29, 1.82) is 0 Å². The average Bonchev–Trinajstić information content (AvgIpc) is 3.94. The number of methoxy groups -OCH3 is 2. The Morgan fingerprint density at radius 1 is 0.695 bits per heavy atom. The predicted octanol–water partition coefficient (Wildman–Crippen LogP) is 6.40. The number of aromatic amines is 2. The number of benzene rings is 4. The number of imidazole rings is 2. The normalized spacial score (nSPS) is 11.4. The van der Waals surface area contributed by atoms with E-state index in [2.05, 4.69) is 71.7 Å². The molecule has 0 fully saturated rings. The molecule has 0 saturated carbocycles. The monoisotopic (exact) mass is 798 g/mol. The van der Waals surface area contributed by atoms with Crippen LogP contribution in [0.4, 0.5) is 9.59 Å². The smallest absolute Gasteiger partial charge is 0.407 e. The van der Waals surface area contributed by atoms with Crippen LogP contribution in [0.15, 0.2) is 103 Å². The number of carbonyl (C=O) groups is 5. The van der Waals surface area contributed by atoms with E-state index in [1.54, 1.807) is 29.4 Å². The molecule has 0 aliphatic rings. The summed E-state index contributed by atoms with van der Waals surface area (Å²) >= 11 is 0. The number of amides is 4. The Labute approximate surface area is 341 Å². The molecule has 15 heteroatoms. The van der Waals surface area contributed by atoms with E-state index in [4.69, 9.17) is 4.74 Å². The van der Waals surface area contributed by atoms with Gasteiger partial charge in [-0.3, -0.25) is 14.4 Å². The van der Waals surface area contributed by atoms with E-state index in [1.165, 1.54) is 26.0 Å². The topological polar surface area (TPSA) is 192 Å². The minimum Gasteiger partial charge on any atom is -0.453 e. The highest BCUT2D eigenvalue weighted by atomic mass is 16.5. The molecule has 1 atom stereocenters. The van der Waals surface area contributed by atoms with Crippen molar-refractivity contribution in [2.24, 2.45) is 0 Å². The second kappa shape index (κ2) is 19.2. The van der Waals surface area contributed by atoms with Gasteiger partial charge in [0.15, 0.2) is 0 Å². The first-order chi connectivity index (χ1) is 28.5. The number of fused-ring (bicyclic) bond motifs is 1. The fourth-order valence-corrected chi connectivity index (χ4v) is 6.64. The van der Waals surface area contributed by atoms with Crippen molar-refractivity contribution in [2.45, 2.75) is 39.4 Å². The number of alkyl carbamates (subject to hydrolysis) is 2. The molecule has 0 bridgehead atoms. The van der Waals surface area contributed by atoms with Crippen molar-refractivity contribution in [3.05, 3.63) is 121 Å². The molecule has 0 saturated heterocycles. The van der Waals surface area contributed by atoms with Crippen molar-refractivity contribution < 1.29 is 33.4 Å². The van der Waals surface area contributed by atoms with Crippen LogP contribution in [0.2, 0.25) is 0 Å². The molecule has 0 aliphatic heterocycles. The summed E-state index contributed by atoms with van der Waals surface area (Å²) in [4.78, 5) is 80.6. The molecule has 4 amide bonds. The molecule has 0 radical (unpaired) electrons. The minimum atomic E-state index is -0.911. The maximum Gasteiger partial charge on any atom is 0.407 e. The molecular formula is C44H46N8O7. The van der Waals surface area contributed by atoms with Gasteiger partial charge in [0.25, 0.3) is 0 Å². The summed E-state index contributed by atoms with van der Waals surface area (Å²) in [5, 5.41) is 7.10. The van der Waals surface area contributed by atoms with E-state index in [-0.39, 0.29) is 37.9 Å². The summed E-state index contributed by atoms with van der Waals surface area (Å²) in [5.74, 6) is 0.201. The van der Waals surface area contributed by atoms with Crippen molar-refractivity contribution in [3.63, 3.8) is 0 Å². The highest BCUT2D eigenvalue weighted by molar-refractivity contribution is 5.91. The number of Topliss-reactive ketones (excluding diaryl/α,β-unsaturated/α-hetero) is 1. The van der Waals surface area contributed by atoms with Gasteiger partial charge in [0.2, 0.25) is 11.8 Å². The number of ether oxygens (including phenoxy) is 2. The van der Waals surface area contributed by atoms with Crippen LogP contribution in [-0.4, -0.2) is 93.4 Å². The second-order valence-corrected chi connectivity index (χ2v) is 13.9.